The van der Waals surface area contributed by atoms with Gasteiger partial charge >= 0.3 is 0 Å². The van der Waals surface area contributed by atoms with Crippen molar-refractivity contribution < 1.29 is 0 Å². The van der Waals surface area contributed by atoms with Crippen LogP contribution in [0.5, 0.6) is 0 Å². The summed E-state index contributed by atoms with van der Waals surface area (Å²) in [5.74, 6) is 0. The van der Waals surface area contributed by atoms with Crippen molar-refractivity contribution in [1.82, 2.24) is 9.88 Å². The van der Waals surface area contributed by atoms with Crippen molar-refractivity contribution in [3.8, 4) is 0 Å². The van der Waals surface area contributed by atoms with E-state index >= 15 is 0 Å². The molecule has 0 spiro atoms. The Balaban J connectivity index is 1.89. The molecule has 0 saturated carbocycles. The van der Waals surface area contributed by atoms with Gasteiger partial charge in [0.15, 0.2) is 0 Å². The van der Waals surface area contributed by atoms with Gasteiger partial charge in [-0.1, -0.05) is 18.1 Å². The number of fused-ring (bicyclic) bond motifs is 5. The molecule has 18 heavy (non-hydrogen) atoms. The molecule has 1 N–H and O–H groups in total. The number of nitrogens with one attached hydrogen (secondary N) is 1. The van der Waals surface area contributed by atoms with Crippen LogP contribution in [-0.2, 0) is 6.42 Å². The Morgan fingerprint density at radius 3 is 3.11 bits per heavy atom. The van der Waals surface area contributed by atoms with E-state index in [9.17, 15) is 0 Å². The van der Waals surface area contributed by atoms with Crippen molar-refractivity contribution in [2.75, 3.05) is 13.1 Å². The van der Waals surface area contributed by atoms with Gasteiger partial charge in [0.25, 0.3) is 0 Å². The van der Waals surface area contributed by atoms with Crippen LogP contribution in [0.1, 0.15) is 42.1 Å². The molecule has 0 unspecified atom stereocenters. The van der Waals surface area contributed by atoms with Gasteiger partial charge < -0.3 is 4.98 Å². The summed E-state index contributed by atoms with van der Waals surface area (Å²) in [6.45, 7) is 4.73. The molecule has 1 aromatic heterocycles. The second-order valence-corrected chi connectivity index (χ2v) is 5.86. The summed E-state index contributed by atoms with van der Waals surface area (Å²) in [5, 5.41) is 1.47. The van der Waals surface area contributed by atoms with Gasteiger partial charge in [0.1, 0.15) is 0 Å². The fourth-order valence-electron chi connectivity index (χ4n) is 3.78. The van der Waals surface area contributed by atoms with E-state index in [2.05, 4.69) is 35.0 Å². The van der Waals surface area contributed by atoms with E-state index in [0.29, 0.717) is 6.04 Å². The fraction of sp³-hybridized carbons (Fsp3) is 0.500. The number of aryl methyl sites for hydroxylation is 1. The standard InChI is InChI=1S/C16H20N2/c1-11-5-6-14-13(10-11)12-7-9-18-8-3-2-4-15(18)16(12)17-14/h5-6,10,15,17H,2-4,7-9H2,1H3/t15-/m1/s1. The lowest BCUT2D eigenvalue weighted by atomic mass is 9.91. The molecular formula is C16H20N2. The van der Waals surface area contributed by atoms with Gasteiger partial charge in [-0.3, -0.25) is 4.90 Å². The first kappa shape index (κ1) is 10.6. The molecule has 1 aromatic carbocycles. The maximum Gasteiger partial charge on any atom is 0.0501 e. The van der Waals surface area contributed by atoms with Gasteiger partial charge in [0.2, 0.25) is 0 Å². The summed E-state index contributed by atoms with van der Waals surface area (Å²) in [5.41, 5.74) is 5.81. The molecule has 3 heterocycles. The van der Waals surface area contributed by atoms with Crippen molar-refractivity contribution in [1.29, 1.82) is 0 Å². The van der Waals surface area contributed by atoms with Crippen molar-refractivity contribution in [2.24, 2.45) is 0 Å². The predicted molar refractivity (Wildman–Crippen MR) is 74.9 cm³/mol. The molecule has 4 rings (SSSR count). The monoisotopic (exact) mass is 240 g/mol. The quantitative estimate of drug-likeness (QED) is 0.746. The highest BCUT2D eigenvalue weighted by molar-refractivity contribution is 5.85. The molecule has 94 valence electrons. The van der Waals surface area contributed by atoms with Crippen LogP contribution >= 0.6 is 0 Å². The largest absolute Gasteiger partial charge is 0.357 e. The Morgan fingerprint density at radius 2 is 2.17 bits per heavy atom. The lowest BCUT2D eigenvalue weighted by Gasteiger charge is -2.39. The van der Waals surface area contributed by atoms with Crippen LogP contribution in [0.2, 0.25) is 0 Å². The second kappa shape index (κ2) is 3.86. The van der Waals surface area contributed by atoms with Crippen LogP contribution in [0.3, 0.4) is 0 Å². The van der Waals surface area contributed by atoms with Gasteiger partial charge in [0, 0.05) is 23.1 Å². The summed E-state index contributed by atoms with van der Waals surface area (Å²) in [7, 11) is 0. The zero-order chi connectivity index (χ0) is 12.1. The fourth-order valence-corrected chi connectivity index (χ4v) is 3.78. The van der Waals surface area contributed by atoms with Gasteiger partial charge in [0.05, 0.1) is 6.04 Å². The topological polar surface area (TPSA) is 19.0 Å². The molecule has 2 aliphatic rings. The maximum atomic E-state index is 3.70. The first-order valence-electron chi connectivity index (χ1n) is 7.18. The summed E-state index contributed by atoms with van der Waals surface area (Å²) < 4.78 is 0. The van der Waals surface area contributed by atoms with E-state index in [1.165, 1.54) is 60.9 Å². The molecule has 2 heteroatoms. The normalized spacial score (nSPS) is 23.9. The highest BCUT2D eigenvalue weighted by Gasteiger charge is 2.31. The number of nitrogens with zero attached hydrogens (tertiary/aromatic N) is 1. The van der Waals surface area contributed by atoms with E-state index in [1.54, 1.807) is 5.56 Å². The summed E-state index contributed by atoms with van der Waals surface area (Å²) in [4.78, 5) is 6.38. The summed E-state index contributed by atoms with van der Waals surface area (Å²) in [6.07, 6.45) is 5.31. The zero-order valence-corrected chi connectivity index (χ0v) is 11.0. The van der Waals surface area contributed by atoms with Crippen LogP contribution in [0.25, 0.3) is 10.9 Å². The highest BCUT2D eigenvalue weighted by Crippen LogP contribution is 2.39. The Bertz CT molecular complexity index is 596. The number of aromatic nitrogens is 1. The average Bonchev–Trinajstić information content (AvgIpc) is 2.77. The van der Waals surface area contributed by atoms with Gasteiger partial charge in [-0.05, 0) is 50.4 Å². The lowest BCUT2D eigenvalue weighted by molar-refractivity contribution is 0.136. The van der Waals surface area contributed by atoms with Crippen LogP contribution < -0.4 is 0 Å². The number of rotatable bonds is 0. The molecule has 1 saturated heterocycles. The second-order valence-electron chi connectivity index (χ2n) is 5.86. The molecule has 2 nitrogen and oxygen atoms in total. The molecular weight excluding hydrogens is 220 g/mol. The van der Waals surface area contributed by atoms with Gasteiger partial charge in [-0.2, -0.15) is 0 Å². The molecule has 1 atom stereocenters. The highest BCUT2D eigenvalue weighted by atomic mass is 15.2. The number of H-pyrrole nitrogens is 1. The predicted octanol–water partition coefficient (Wildman–Crippen LogP) is 3.56. The zero-order valence-electron chi connectivity index (χ0n) is 11.0. The number of benzene rings is 1. The minimum atomic E-state index is 0.662. The first-order chi connectivity index (χ1) is 8.83. The van der Waals surface area contributed by atoms with Crippen molar-refractivity contribution in [3.05, 3.63) is 35.0 Å². The third-order valence-corrected chi connectivity index (χ3v) is 4.69. The molecule has 2 aromatic rings. The van der Waals surface area contributed by atoms with Gasteiger partial charge in [-0.25, -0.2) is 0 Å². The van der Waals surface area contributed by atoms with E-state index in [-0.39, 0.29) is 0 Å². The van der Waals surface area contributed by atoms with Crippen molar-refractivity contribution in [3.63, 3.8) is 0 Å². The van der Waals surface area contributed by atoms with Crippen LogP contribution in [0.4, 0.5) is 0 Å². The smallest absolute Gasteiger partial charge is 0.0501 e. The van der Waals surface area contributed by atoms with E-state index in [0.717, 1.165) is 0 Å². The maximum absolute atomic E-state index is 3.70. The molecule has 0 bridgehead atoms. The van der Waals surface area contributed by atoms with E-state index < -0.39 is 0 Å². The Morgan fingerprint density at radius 1 is 1.22 bits per heavy atom. The Kier molecular flexibility index (Phi) is 2.28. The molecule has 0 radical (unpaired) electrons. The minimum Gasteiger partial charge on any atom is -0.357 e. The number of piperidine rings is 1. The minimum absolute atomic E-state index is 0.662. The number of aromatic amines is 1. The van der Waals surface area contributed by atoms with Crippen LogP contribution in [0.15, 0.2) is 18.2 Å². The number of hydrogen-bond acceptors (Lipinski definition) is 1. The Labute approximate surface area is 108 Å². The SMILES string of the molecule is Cc1ccc2[nH]c3c(c2c1)CCN1CCCC[C@H]31. The first-order valence-corrected chi connectivity index (χ1v) is 7.18. The summed E-state index contributed by atoms with van der Waals surface area (Å²) >= 11 is 0. The van der Waals surface area contributed by atoms with Crippen molar-refractivity contribution >= 4 is 10.9 Å². The summed E-state index contributed by atoms with van der Waals surface area (Å²) in [6, 6.07) is 7.47. The number of hydrogen-bond donors (Lipinski definition) is 1. The van der Waals surface area contributed by atoms with E-state index in [1.807, 2.05) is 0 Å². The van der Waals surface area contributed by atoms with Crippen LogP contribution in [0, 0.1) is 6.92 Å². The van der Waals surface area contributed by atoms with Gasteiger partial charge in [-0.15, -0.1) is 0 Å². The molecule has 2 aliphatic heterocycles. The average molecular weight is 240 g/mol. The van der Waals surface area contributed by atoms with Crippen LogP contribution in [-0.4, -0.2) is 23.0 Å². The molecule has 0 amide bonds. The lowest BCUT2D eigenvalue weighted by Crippen LogP contribution is -2.38. The third-order valence-electron chi connectivity index (χ3n) is 4.69. The molecule has 0 aliphatic carbocycles. The van der Waals surface area contributed by atoms with Crippen molar-refractivity contribution in [2.45, 2.75) is 38.6 Å². The molecule has 1 fully saturated rings. The van der Waals surface area contributed by atoms with E-state index in [4.69, 9.17) is 0 Å². The Hall–Kier alpha value is -1.28. The third kappa shape index (κ3) is 1.45.